The van der Waals surface area contributed by atoms with Crippen molar-refractivity contribution >= 4 is 16.9 Å². The number of rotatable bonds is 5. The van der Waals surface area contributed by atoms with Crippen molar-refractivity contribution in [3.63, 3.8) is 0 Å². The van der Waals surface area contributed by atoms with Gasteiger partial charge in [-0.3, -0.25) is 9.59 Å². The summed E-state index contributed by atoms with van der Waals surface area (Å²) in [6, 6.07) is 16.5. The Hall–Kier alpha value is -3.93. The lowest BCUT2D eigenvalue weighted by molar-refractivity contribution is 0.0728. The van der Waals surface area contributed by atoms with E-state index in [-0.39, 0.29) is 22.3 Å². The normalized spacial score (nSPS) is 15.1. The molecule has 0 N–H and O–H groups in total. The number of ether oxygens (including phenoxy) is 1. The van der Waals surface area contributed by atoms with E-state index in [9.17, 15) is 14.0 Å². The van der Waals surface area contributed by atoms with Crippen molar-refractivity contribution in [2.24, 2.45) is 0 Å². The number of carbonyl (C=O) groups excluding carboxylic acids is 1. The Kier molecular flexibility index (Phi) is 5.44. The molecule has 6 heteroatoms. The topological polar surface area (TPSA) is 59.8 Å². The average Bonchev–Trinajstić information content (AvgIpc) is 3.11. The SMILES string of the molecule is COc1ccc(CCN2C(=O)c3oc4cc(C)c(C)cc4c(=O)c3C2c2ccccc2F)cc1. The molecule has 1 atom stereocenters. The summed E-state index contributed by atoms with van der Waals surface area (Å²) in [7, 11) is 1.60. The smallest absolute Gasteiger partial charge is 0.290 e. The Balaban J connectivity index is 1.63. The first-order valence-electron chi connectivity index (χ1n) is 11.2. The van der Waals surface area contributed by atoms with Gasteiger partial charge < -0.3 is 14.1 Å². The Morgan fingerprint density at radius 3 is 2.41 bits per heavy atom. The first kappa shape index (κ1) is 21.9. The van der Waals surface area contributed by atoms with E-state index in [1.807, 2.05) is 38.1 Å². The molecule has 4 aromatic rings. The van der Waals surface area contributed by atoms with Gasteiger partial charge in [-0.2, -0.15) is 0 Å². The maximum Gasteiger partial charge on any atom is 0.290 e. The van der Waals surface area contributed by atoms with Gasteiger partial charge in [-0.25, -0.2) is 4.39 Å². The zero-order chi connectivity index (χ0) is 24.0. The molecule has 3 aromatic carbocycles. The molecule has 0 radical (unpaired) electrons. The minimum Gasteiger partial charge on any atom is -0.497 e. The molecular formula is C28H24FNO4. The third-order valence-electron chi connectivity index (χ3n) is 6.58. The Bertz CT molecular complexity index is 1470. The van der Waals surface area contributed by atoms with Crippen molar-refractivity contribution in [1.82, 2.24) is 4.90 Å². The third-order valence-corrected chi connectivity index (χ3v) is 6.58. The fourth-order valence-corrected chi connectivity index (χ4v) is 4.57. The lowest BCUT2D eigenvalue weighted by Crippen LogP contribution is -2.32. The molecule has 0 bridgehead atoms. The molecule has 2 heterocycles. The van der Waals surface area contributed by atoms with Gasteiger partial charge in [-0.1, -0.05) is 30.3 Å². The Labute approximate surface area is 196 Å². The van der Waals surface area contributed by atoms with Crippen LogP contribution >= 0.6 is 0 Å². The van der Waals surface area contributed by atoms with E-state index >= 15 is 0 Å². The van der Waals surface area contributed by atoms with Crippen molar-refractivity contribution in [3.8, 4) is 5.75 Å². The van der Waals surface area contributed by atoms with Gasteiger partial charge in [-0.05, 0) is 67.3 Å². The summed E-state index contributed by atoms with van der Waals surface area (Å²) in [4.78, 5) is 28.7. The standard InChI is InChI=1S/C28H24FNO4/c1-16-14-21-23(15-17(16)2)34-27-24(26(21)31)25(20-6-4-5-7-22(20)29)30(28(27)32)13-12-18-8-10-19(33-3)11-9-18/h4-11,14-15,25H,12-13H2,1-3H3. The number of amides is 1. The monoisotopic (exact) mass is 457 g/mol. The van der Waals surface area contributed by atoms with E-state index in [0.717, 1.165) is 22.4 Å². The second kappa shape index (κ2) is 8.45. The van der Waals surface area contributed by atoms with Crippen LogP contribution in [0.3, 0.4) is 0 Å². The first-order chi connectivity index (χ1) is 16.4. The van der Waals surface area contributed by atoms with E-state index in [4.69, 9.17) is 9.15 Å². The molecule has 0 saturated heterocycles. The Morgan fingerprint density at radius 2 is 1.71 bits per heavy atom. The zero-order valence-corrected chi connectivity index (χ0v) is 19.2. The summed E-state index contributed by atoms with van der Waals surface area (Å²) in [5.74, 6) is -0.148. The van der Waals surface area contributed by atoms with E-state index in [0.29, 0.717) is 23.9 Å². The summed E-state index contributed by atoms with van der Waals surface area (Å²) in [6.07, 6.45) is 0.528. The van der Waals surface area contributed by atoms with Crippen LogP contribution in [0.4, 0.5) is 4.39 Å². The summed E-state index contributed by atoms with van der Waals surface area (Å²) < 4.78 is 26.2. The molecule has 0 fully saturated rings. The molecule has 5 nitrogen and oxygen atoms in total. The number of hydrogen-bond acceptors (Lipinski definition) is 4. The second-order valence-corrected chi connectivity index (χ2v) is 8.63. The van der Waals surface area contributed by atoms with Crippen molar-refractivity contribution in [2.75, 3.05) is 13.7 Å². The van der Waals surface area contributed by atoms with Crippen molar-refractivity contribution in [1.29, 1.82) is 0 Å². The number of carbonyl (C=O) groups is 1. The van der Waals surface area contributed by atoms with Gasteiger partial charge in [-0.15, -0.1) is 0 Å². The van der Waals surface area contributed by atoms with Crippen LogP contribution in [-0.4, -0.2) is 24.5 Å². The molecule has 0 aliphatic carbocycles. The fourth-order valence-electron chi connectivity index (χ4n) is 4.57. The van der Waals surface area contributed by atoms with Crippen LogP contribution in [-0.2, 0) is 6.42 Å². The number of benzene rings is 3. The van der Waals surface area contributed by atoms with Crippen LogP contribution in [0.1, 0.15) is 44.4 Å². The molecule has 0 saturated carbocycles. The number of hydrogen-bond donors (Lipinski definition) is 0. The van der Waals surface area contributed by atoms with E-state index in [1.54, 1.807) is 37.4 Å². The van der Waals surface area contributed by atoms with Gasteiger partial charge >= 0.3 is 0 Å². The summed E-state index contributed by atoms with van der Waals surface area (Å²) in [5, 5.41) is 0.396. The number of halogens is 1. The highest BCUT2D eigenvalue weighted by Crippen LogP contribution is 2.39. The molecular weight excluding hydrogens is 433 g/mol. The molecule has 1 unspecified atom stereocenters. The van der Waals surface area contributed by atoms with E-state index in [1.165, 1.54) is 11.0 Å². The number of nitrogens with zero attached hydrogens (tertiary/aromatic N) is 1. The fraction of sp³-hybridized carbons (Fsp3) is 0.214. The molecule has 5 rings (SSSR count). The highest BCUT2D eigenvalue weighted by Gasteiger charge is 2.43. The first-order valence-corrected chi connectivity index (χ1v) is 11.2. The maximum absolute atomic E-state index is 15.0. The quantitative estimate of drug-likeness (QED) is 0.406. The van der Waals surface area contributed by atoms with Crippen LogP contribution in [0.15, 0.2) is 69.9 Å². The third kappa shape index (κ3) is 3.55. The highest BCUT2D eigenvalue weighted by atomic mass is 19.1. The largest absolute Gasteiger partial charge is 0.497 e. The van der Waals surface area contributed by atoms with Gasteiger partial charge in [0.2, 0.25) is 5.76 Å². The van der Waals surface area contributed by atoms with Crippen molar-refractivity contribution < 1.29 is 18.3 Å². The summed E-state index contributed by atoms with van der Waals surface area (Å²) in [6.45, 7) is 4.14. The predicted molar refractivity (Wildman–Crippen MR) is 128 cm³/mol. The molecule has 34 heavy (non-hydrogen) atoms. The minimum atomic E-state index is -0.857. The van der Waals surface area contributed by atoms with Gasteiger partial charge in [0.25, 0.3) is 5.91 Å². The lowest BCUT2D eigenvalue weighted by atomic mass is 9.97. The molecule has 1 amide bonds. The Morgan fingerprint density at radius 1 is 1.00 bits per heavy atom. The van der Waals surface area contributed by atoms with Crippen molar-refractivity contribution in [3.05, 3.63) is 110 Å². The highest BCUT2D eigenvalue weighted by molar-refractivity contribution is 5.99. The number of aryl methyl sites for hydroxylation is 2. The van der Waals surface area contributed by atoms with E-state index in [2.05, 4.69) is 0 Å². The summed E-state index contributed by atoms with van der Waals surface area (Å²) in [5.41, 5.74) is 3.44. The number of methoxy groups -OCH3 is 1. The average molecular weight is 458 g/mol. The predicted octanol–water partition coefficient (Wildman–Crippen LogP) is 5.35. The molecule has 1 aromatic heterocycles. The second-order valence-electron chi connectivity index (χ2n) is 8.63. The molecule has 172 valence electrons. The minimum absolute atomic E-state index is 0.0104. The molecule has 0 spiro atoms. The van der Waals surface area contributed by atoms with Gasteiger partial charge in [0.15, 0.2) is 5.43 Å². The van der Waals surface area contributed by atoms with Crippen LogP contribution < -0.4 is 10.2 Å². The van der Waals surface area contributed by atoms with Crippen LogP contribution in [0.5, 0.6) is 5.75 Å². The van der Waals surface area contributed by atoms with Gasteiger partial charge in [0, 0.05) is 12.1 Å². The van der Waals surface area contributed by atoms with Crippen LogP contribution in [0.25, 0.3) is 11.0 Å². The van der Waals surface area contributed by atoms with Gasteiger partial charge in [0.1, 0.15) is 17.1 Å². The molecule has 1 aliphatic rings. The maximum atomic E-state index is 15.0. The lowest BCUT2D eigenvalue weighted by Gasteiger charge is -2.25. The summed E-state index contributed by atoms with van der Waals surface area (Å²) >= 11 is 0. The van der Waals surface area contributed by atoms with E-state index < -0.39 is 17.8 Å². The molecule has 1 aliphatic heterocycles. The number of fused-ring (bicyclic) bond motifs is 2. The van der Waals surface area contributed by atoms with Crippen LogP contribution in [0.2, 0.25) is 0 Å². The van der Waals surface area contributed by atoms with Crippen LogP contribution in [0, 0.1) is 19.7 Å². The van der Waals surface area contributed by atoms with Crippen molar-refractivity contribution in [2.45, 2.75) is 26.3 Å². The zero-order valence-electron chi connectivity index (χ0n) is 19.2. The van der Waals surface area contributed by atoms with Gasteiger partial charge in [0.05, 0.1) is 24.1 Å².